The monoisotopic (exact) mass is 343 g/mol. The Morgan fingerprint density at radius 3 is 2.73 bits per heavy atom. The van der Waals surface area contributed by atoms with E-state index in [-0.39, 0.29) is 0 Å². The largest absolute Gasteiger partial charge is 0.368 e. The first-order valence-corrected chi connectivity index (χ1v) is 8.75. The van der Waals surface area contributed by atoms with Gasteiger partial charge in [-0.1, -0.05) is 11.6 Å². The van der Waals surface area contributed by atoms with Crippen LogP contribution < -0.4 is 10.0 Å². The van der Waals surface area contributed by atoms with E-state index in [9.17, 15) is 8.42 Å². The molecule has 1 aliphatic rings. The van der Waals surface area contributed by atoms with Crippen LogP contribution in [0.3, 0.4) is 0 Å². The summed E-state index contributed by atoms with van der Waals surface area (Å²) in [5, 5.41) is 13.8. The van der Waals surface area contributed by atoms with Gasteiger partial charge < -0.3 is 4.90 Å². The fourth-order valence-electron chi connectivity index (χ4n) is 3.08. The molecule has 1 aromatic carbocycles. The number of aromatic nitrogens is 2. The maximum atomic E-state index is 11.7. The van der Waals surface area contributed by atoms with E-state index in [1.54, 1.807) is 6.20 Å². The van der Waals surface area contributed by atoms with Crippen LogP contribution in [0.4, 0.5) is 5.69 Å². The predicted molar refractivity (Wildman–Crippen MR) is 87.2 cm³/mol. The summed E-state index contributed by atoms with van der Waals surface area (Å²) in [5.74, 6) is 0. The van der Waals surface area contributed by atoms with E-state index in [0.29, 0.717) is 24.7 Å². The van der Waals surface area contributed by atoms with Crippen LogP contribution in [-0.2, 0) is 10.2 Å². The predicted octanol–water partition coefficient (Wildman–Crippen LogP) is 1.32. The molecule has 1 saturated heterocycles. The third kappa shape index (κ3) is 2.67. The van der Waals surface area contributed by atoms with Crippen LogP contribution in [-0.4, -0.2) is 48.1 Å². The van der Waals surface area contributed by atoms with E-state index in [4.69, 9.17) is 16.7 Å². The summed E-state index contributed by atoms with van der Waals surface area (Å²) in [6.45, 7) is 5.11. The number of piperazine rings is 1. The third-order valence-corrected chi connectivity index (χ3v) is 5.48. The number of halogens is 1. The molecule has 1 fully saturated rings. The SMILES string of the molecule is CC1(C)CN(c2cc(Cl)cc3[nH]ncc23)CCN1S(N)(=O)=O. The van der Waals surface area contributed by atoms with Gasteiger partial charge in [-0.15, -0.1) is 0 Å². The first-order valence-electron chi connectivity index (χ1n) is 6.87. The summed E-state index contributed by atoms with van der Waals surface area (Å²) in [4.78, 5) is 2.12. The minimum atomic E-state index is -3.72. The fourth-order valence-corrected chi connectivity index (χ4v) is 4.37. The van der Waals surface area contributed by atoms with Gasteiger partial charge in [-0.05, 0) is 26.0 Å². The molecule has 22 heavy (non-hydrogen) atoms. The van der Waals surface area contributed by atoms with E-state index in [0.717, 1.165) is 16.6 Å². The molecular weight excluding hydrogens is 326 g/mol. The quantitative estimate of drug-likeness (QED) is 0.859. The number of benzene rings is 1. The average Bonchev–Trinajstić information content (AvgIpc) is 2.82. The molecule has 120 valence electrons. The third-order valence-electron chi connectivity index (χ3n) is 3.98. The van der Waals surface area contributed by atoms with Gasteiger partial charge in [0.05, 0.1) is 11.7 Å². The number of hydrogen-bond acceptors (Lipinski definition) is 4. The number of H-pyrrole nitrogens is 1. The molecule has 7 nitrogen and oxygen atoms in total. The van der Waals surface area contributed by atoms with Crippen molar-refractivity contribution in [3.63, 3.8) is 0 Å². The maximum absolute atomic E-state index is 11.7. The van der Waals surface area contributed by atoms with Crippen LogP contribution in [0.1, 0.15) is 13.8 Å². The van der Waals surface area contributed by atoms with Gasteiger partial charge in [-0.25, -0.2) is 5.14 Å². The van der Waals surface area contributed by atoms with Crippen molar-refractivity contribution in [2.75, 3.05) is 24.5 Å². The molecule has 3 rings (SSSR count). The van der Waals surface area contributed by atoms with Crippen LogP contribution in [0.5, 0.6) is 0 Å². The molecule has 0 radical (unpaired) electrons. The van der Waals surface area contributed by atoms with Gasteiger partial charge in [-0.3, -0.25) is 5.10 Å². The highest BCUT2D eigenvalue weighted by Crippen LogP contribution is 2.33. The zero-order chi connectivity index (χ0) is 16.1. The number of nitrogens with two attached hydrogens (primary N) is 1. The molecule has 1 aliphatic heterocycles. The van der Waals surface area contributed by atoms with Crippen LogP contribution in [0.2, 0.25) is 5.02 Å². The number of aromatic amines is 1. The summed E-state index contributed by atoms with van der Waals surface area (Å²) in [6, 6.07) is 3.70. The molecule has 0 amide bonds. The Morgan fingerprint density at radius 1 is 1.36 bits per heavy atom. The van der Waals surface area contributed by atoms with Gasteiger partial charge in [0.2, 0.25) is 0 Å². The van der Waals surface area contributed by atoms with Gasteiger partial charge in [-0.2, -0.15) is 17.8 Å². The first kappa shape index (κ1) is 15.5. The maximum Gasteiger partial charge on any atom is 0.277 e. The number of fused-ring (bicyclic) bond motifs is 1. The second-order valence-electron chi connectivity index (χ2n) is 6.11. The Kier molecular flexibility index (Phi) is 3.59. The van der Waals surface area contributed by atoms with E-state index in [1.807, 2.05) is 26.0 Å². The van der Waals surface area contributed by atoms with Crippen molar-refractivity contribution in [1.29, 1.82) is 0 Å². The number of nitrogens with one attached hydrogen (secondary N) is 1. The van der Waals surface area contributed by atoms with Gasteiger partial charge in [0.25, 0.3) is 10.2 Å². The number of nitrogens with zero attached hydrogens (tertiary/aromatic N) is 3. The highest BCUT2D eigenvalue weighted by atomic mass is 35.5. The molecule has 0 unspecified atom stereocenters. The molecule has 2 heterocycles. The van der Waals surface area contributed by atoms with E-state index < -0.39 is 15.7 Å². The first-order chi connectivity index (χ1) is 10.2. The van der Waals surface area contributed by atoms with Gasteiger partial charge in [0.15, 0.2) is 0 Å². The van der Waals surface area contributed by atoms with Crippen molar-refractivity contribution >= 4 is 38.4 Å². The molecule has 3 N–H and O–H groups in total. The Morgan fingerprint density at radius 2 is 2.09 bits per heavy atom. The van der Waals surface area contributed by atoms with Crippen LogP contribution in [0.15, 0.2) is 18.3 Å². The lowest BCUT2D eigenvalue weighted by Gasteiger charge is -2.46. The summed E-state index contributed by atoms with van der Waals surface area (Å²) < 4.78 is 24.8. The molecule has 0 bridgehead atoms. The Bertz CT molecular complexity index is 817. The molecule has 0 atom stereocenters. The lowest BCUT2D eigenvalue weighted by atomic mass is 10.0. The molecule has 0 saturated carbocycles. The van der Waals surface area contributed by atoms with Gasteiger partial charge >= 0.3 is 0 Å². The minimum Gasteiger partial charge on any atom is -0.368 e. The normalized spacial score (nSPS) is 19.7. The topological polar surface area (TPSA) is 95.3 Å². The lowest BCUT2D eigenvalue weighted by molar-refractivity contribution is 0.205. The fraction of sp³-hybridized carbons (Fsp3) is 0.462. The molecule has 9 heteroatoms. The summed E-state index contributed by atoms with van der Waals surface area (Å²) in [5.41, 5.74) is 1.19. The second-order valence-corrected chi connectivity index (χ2v) is 8.01. The van der Waals surface area contributed by atoms with E-state index in [1.165, 1.54) is 4.31 Å². The Labute approximate surface area is 134 Å². The minimum absolute atomic E-state index is 0.331. The highest BCUT2D eigenvalue weighted by Gasteiger charge is 2.39. The molecular formula is C13H18ClN5O2S. The van der Waals surface area contributed by atoms with Gasteiger partial charge in [0, 0.05) is 41.3 Å². The number of anilines is 1. The van der Waals surface area contributed by atoms with Crippen molar-refractivity contribution < 1.29 is 8.42 Å². The molecule has 0 aliphatic carbocycles. The van der Waals surface area contributed by atoms with Gasteiger partial charge in [0.1, 0.15) is 0 Å². The smallest absolute Gasteiger partial charge is 0.277 e. The standard InChI is InChI=1S/C13H18ClN5O2S/c1-13(2)8-18(3-4-19(13)22(15,20)21)12-6-9(14)5-11-10(12)7-16-17-11/h5-7H,3-4,8H2,1-2H3,(H,16,17)(H2,15,20,21). The van der Waals surface area contributed by atoms with E-state index >= 15 is 0 Å². The van der Waals surface area contributed by atoms with Crippen molar-refractivity contribution in [3.05, 3.63) is 23.4 Å². The Hall–Kier alpha value is -1.35. The highest BCUT2D eigenvalue weighted by molar-refractivity contribution is 7.86. The van der Waals surface area contributed by atoms with Crippen LogP contribution in [0.25, 0.3) is 10.9 Å². The van der Waals surface area contributed by atoms with Crippen LogP contribution >= 0.6 is 11.6 Å². The summed E-state index contributed by atoms with van der Waals surface area (Å²) >= 11 is 6.17. The summed E-state index contributed by atoms with van der Waals surface area (Å²) in [6.07, 6.45) is 1.75. The molecule has 1 aromatic heterocycles. The van der Waals surface area contributed by atoms with Crippen molar-refractivity contribution in [1.82, 2.24) is 14.5 Å². The number of rotatable bonds is 2. The van der Waals surface area contributed by atoms with Crippen molar-refractivity contribution in [2.45, 2.75) is 19.4 Å². The molecule has 2 aromatic rings. The van der Waals surface area contributed by atoms with E-state index in [2.05, 4.69) is 15.1 Å². The average molecular weight is 344 g/mol. The van der Waals surface area contributed by atoms with Crippen molar-refractivity contribution in [3.8, 4) is 0 Å². The zero-order valence-electron chi connectivity index (χ0n) is 12.4. The lowest BCUT2D eigenvalue weighted by Crippen LogP contribution is -2.62. The molecule has 0 spiro atoms. The zero-order valence-corrected chi connectivity index (χ0v) is 13.9. The Balaban J connectivity index is 1.99. The van der Waals surface area contributed by atoms with Crippen molar-refractivity contribution in [2.24, 2.45) is 5.14 Å². The second kappa shape index (κ2) is 5.09. The van der Waals surface area contributed by atoms with Crippen LogP contribution in [0, 0.1) is 0 Å². The summed E-state index contributed by atoms with van der Waals surface area (Å²) in [7, 11) is -3.72. The number of hydrogen-bond donors (Lipinski definition) is 2.